The van der Waals surface area contributed by atoms with Gasteiger partial charge in [0.2, 0.25) is 11.8 Å². The van der Waals surface area contributed by atoms with E-state index in [0.717, 1.165) is 0 Å². The zero-order valence-electron chi connectivity index (χ0n) is 12.4. The first kappa shape index (κ1) is 15.3. The number of nitrogens with zero attached hydrogens (tertiary/aromatic N) is 1. The van der Waals surface area contributed by atoms with Crippen molar-refractivity contribution in [2.45, 2.75) is 39.3 Å². The van der Waals surface area contributed by atoms with Crippen LogP contribution in [0.1, 0.15) is 27.2 Å². The van der Waals surface area contributed by atoms with Gasteiger partial charge in [-0.05, 0) is 32.4 Å². The SMILES string of the molecule is CCOc1ccc(N2C(=O)C(CC)NC(=O)C2C)cc1F. The van der Waals surface area contributed by atoms with Crippen molar-refractivity contribution >= 4 is 17.5 Å². The molecule has 5 nitrogen and oxygen atoms in total. The molecule has 1 heterocycles. The summed E-state index contributed by atoms with van der Waals surface area (Å²) in [6.07, 6.45) is 0.493. The maximum absolute atomic E-state index is 14.0. The molecule has 0 saturated carbocycles. The van der Waals surface area contributed by atoms with Crippen molar-refractivity contribution in [3.05, 3.63) is 24.0 Å². The minimum absolute atomic E-state index is 0.134. The summed E-state index contributed by atoms with van der Waals surface area (Å²) in [6.45, 7) is 5.55. The Kier molecular flexibility index (Phi) is 4.45. The van der Waals surface area contributed by atoms with E-state index in [1.807, 2.05) is 6.92 Å². The number of rotatable bonds is 4. The van der Waals surface area contributed by atoms with Crippen molar-refractivity contribution in [1.82, 2.24) is 5.32 Å². The van der Waals surface area contributed by atoms with E-state index in [1.165, 1.54) is 17.0 Å². The predicted octanol–water partition coefficient (Wildman–Crippen LogP) is 1.85. The molecular weight excluding hydrogens is 275 g/mol. The average Bonchev–Trinajstić information content (AvgIpc) is 2.46. The van der Waals surface area contributed by atoms with Crippen molar-refractivity contribution in [3.63, 3.8) is 0 Å². The van der Waals surface area contributed by atoms with E-state index >= 15 is 0 Å². The number of benzene rings is 1. The maximum Gasteiger partial charge on any atom is 0.250 e. The number of amides is 2. The first-order valence-corrected chi connectivity index (χ1v) is 7.05. The van der Waals surface area contributed by atoms with Gasteiger partial charge in [0.1, 0.15) is 12.1 Å². The fourth-order valence-corrected chi connectivity index (χ4v) is 2.37. The molecule has 1 N–H and O–H groups in total. The molecule has 1 aliphatic heterocycles. The van der Waals surface area contributed by atoms with Crippen LogP contribution in [0.5, 0.6) is 5.75 Å². The molecule has 114 valence electrons. The van der Waals surface area contributed by atoms with E-state index in [4.69, 9.17) is 4.74 Å². The second-order valence-corrected chi connectivity index (χ2v) is 4.90. The van der Waals surface area contributed by atoms with Crippen LogP contribution in [0.3, 0.4) is 0 Å². The van der Waals surface area contributed by atoms with Gasteiger partial charge in [0.15, 0.2) is 11.6 Å². The summed E-state index contributed by atoms with van der Waals surface area (Å²) >= 11 is 0. The molecule has 1 aromatic carbocycles. The zero-order valence-corrected chi connectivity index (χ0v) is 12.4. The Hall–Kier alpha value is -2.11. The number of piperazine rings is 1. The summed E-state index contributed by atoms with van der Waals surface area (Å²) in [7, 11) is 0. The van der Waals surface area contributed by atoms with E-state index in [0.29, 0.717) is 18.7 Å². The van der Waals surface area contributed by atoms with Crippen LogP contribution < -0.4 is 15.0 Å². The number of ether oxygens (including phenoxy) is 1. The summed E-state index contributed by atoms with van der Waals surface area (Å²) in [6, 6.07) is 3.06. The number of hydrogen-bond acceptors (Lipinski definition) is 3. The standard InChI is InChI=1S/C15H19FN2O3/c1-4-12-15(20)18(9(3)14(19)17-12)10-6-7-13(21-5-2)11(16)8-10/h6-9,12H,4-5H2,1-3H3,(H,17,19). The number of hydrogen-bond donors (Lipinski definition) is 1. The molecule has 2 unspecified atom stereocenters. The molecular formula is C15H19FN2O3. The maximum atomic E-state index is 14.0. The second-order valence-electron chi connectivity index (χ2n) is 4.90. The highest BCUT2D eigenvalue weighted by molar-refractivity contribution is 6.08. The van der Waals surface area contributed by atoms with Gasteiger partial charge in [-0.25, -0.2) is 4.39 Å². The summed E-state index contributed by atoms with van der Waals surface area (Å²) in [5, 5.41) is 2.66. The fourth-order valence-electron chi connectivity index (χ4n) is 2.37. The molecule has 2 atom stereocenters. The molecule has 1 saturated heterocycles. The van der Waals surface area contributed by atoms with Gasteiger partial charge >= 0.3 is 0 Å². The smallest absolute Gasteiger partial charge is 0.250 e. The Morgan fingerprint density at radius 2 is 2.05 bits per heavy atom. The lowest BCUT2D eigenvalue weighted by Crippen LogP contribution is -2.62. The predicted molar refractivity (Wildman–Crippen MR) is 76.7 cm³/mol. The first-order valence-electron chi connectivity index (χ1n) is 7.05. The van der Waals surface area contributed by atoms with Crippen molar-refractivity contribution in [3.8, 4) is 5.75 Å². The second kappa shape index (κ2) is 6.11. The van der Waals surface area contributed by atoms with Crippen LogP contribution in [-0.4, -0.2) is 30.5 Å². The molecule has 6 heteroatoms. The highest BCUT2D eigenvalue weighted by Gasteiger charge is 2.38. The van der Waals surface area contributed by atoms with E-state index in [2.05, 4.69) is 5.32 Å². The number of carbonyl (C=O) groups excluding carboxylic acids is 2. The lowest BCUT2D eigenvalue weighted by Gasteiger charge is -2.37. The van der Waals surface area contributed by atoms with E-state index in [1.54, 1.807) is 19.9 Å². The summed E-state index contributed by atoms with van der Waals surface area (Å²) < 4.78 is 19.1. The summed E-state index contributed by atoms with van der Waals surface area (Å²) in [4.78, 5) is 25.7. The highest BCUT2D eigenvalue weighted by atomic mass is 19.1. The first-order chi connectivity index (χ1) is 9.99. The molecule has 0 aromatic heterocycles. The van der Waals surface area contributed by atoms with Crippen molar-refractivity contribution in [2.75, 3.05) is 11.5 Å². The van der Waals surface area contributed by atoms with Crippen LogP contribution in [0.25, 0.3) is 0 Å². The van der Waals surface area contributed by atoms with Gasteiger partial charge in [-0.2, -0.15) is 0 Å². The topological polar surface area (TPSA) is 58.6 Å². The van der Waals surface area contributed by atoms with Gasteiger partial charge in [0, 0.05) is 11.8 Å². The van der Waals surface area contributed by atoms with E-state index < -0.39 is 17.9 Å². The van der Waals surface area contributed by atoms with Crippen LogP contribution in [0.2, 0.25) is 0 Å². The third-order valence-corrected chi connectivity index (χ3v) is 3.52. The quantitative estimate of drug-likeness (QED) is 0.922. The molecule has 0 aliphatic carbocycles. The molecule has 0 bridgehead atoms. The number of halogens is 1. The van der Waals surface area contributed by atoms with Gasteiger partial charge in [-0.15, -0.1) is 0 Å². The van der Waals surface area contributed by atoms with Gasteiger partial charge in [-0.1, -0.05) is 6.92 Å². The fraction of sp³-hybridized carbons (Fsp3) is 0.467. The third kappa shape index (κ3) is 2.84. The van der Waals surface area contributed by atoms with Crippen molar-refractivity contribution in [1.29, 1.82) is 0 Å². The van der Waals surface area contributed by atoms with Crippen LogP contribution in [-0.2, 0) is 9.59 Å². The van der Waals surface area contributed by atoms with Gasteiger partial charge < -0.3 is 10.1 Å². The molecule has 0 spiro atoms. The number of anilines is 1. The van der Waals surface area contributed by atoms with Gasteiger partial charge in [-0.3, -0.25) is 14.5 Å². The molecule has 1 fully saturated rings. The van der Waals surface area contributed by atoms with Crippen molar-refractivity contribution < 1.29 is 18.7 Å². The average molecular weight is 294 g/mol. The van der Waals surface area contributed by atoms with E-state index in [-0.39, 0.29) is 17.6 Å². The summed E-state index contributed by atoms with van der Waals surface area (Å²) in [5.74, 6) is -0.882. The normalized spacial score (nSPS) is 22.2. The molecule has 2 rings (SSSR count). The zero-order chi connectivity index (χ0) is 15.6. The Morgan fingerprint density at radius 3 is 2.62 bits per heavy atom. The number of carbonyl (C=O) groups is 2. The lowest BCUT2D eigenvalue weighted by atomic mass is 10.1. The van der Waals surface area contributed by atoms with Gasteiger partial charge in [0.25, 0.3) is 0 Å². The van der Waals surface area contributed by atoms with Crippen LogP contribution in [0.4, 0.5) is 10.1 Å². The minimum Gasteiger partial charge on any atom is -0.491 e. The Labute approximate surface area is 123 Å². The Morgan fingerprint density at radius 1 is 1.33 bits per heavy atom. The summed E-state index contributed by atoms with van der Waals surface area (Å²) in [5.41, 5.74) is 0.363. The van der Waals surface area contributed by atoms with Crippen molar-refractivity contribution in [2.24, 2.45) is 0 Å². The van der Waals surface area contributed by atoms with E-state index in [9.17, 15) is 14.0 Å². The number of nitrogens with one attached hydrogen (secondary N) is 1. The molecule has 1 aliphatic rings. The largest absolute Gasteiger partial charge is 0.491 e. The minimum atomic E-state index is -0.669. The molecule has 21 heavy (non-hydrogen) atoms. The van der Waals surface area contributed by atoms with Crippen LogP contribution in [0.15, 0.2) is 18.2 Å². The van der Waals surface area contributed by atoms with Crippen LogP contribution in [0, 0.1) is 5.82 Å². The highest BCUT2D eigenvalue weighted by Crippen LogP contribution is 2.27. The lowest BCUT2D eigenvalue weighted by molar-refractivity contribution is -0.133. The molecule has 2 amide bonds. The monoisotopic (exact) mass is 294 g/mol. The van der Waals surface area contributed by atoms with Gasteiger partial charge in [0.05, 0.1) is 6.61 Å². The molecule has 1 aromatic rings. The Bertz CT molecular complexity index is 562. The third-order valence-electron chi connectivity index (χ3n) is 3.52. The Balaban J connectivity index is 2.36. The molecule has 0 radical (unpaired) electrons. The van der Waals surface area contributed by atoms with Crippen LogP contribution >= 0.6 is 0 Å².